The van der Waals surface area contributed by atoms with E-state index in [2.05, 4.69) is 34.6 Å². The molecular weight excluding hydrogens is 237 g/mol. The maximum atomic E-state index is 11.0. The van der Waals surface area contributed by atoms with Gasteiger partial charge in [0, 0.05) is 0 Å². The zero-order valence-electron chi connectivity index (χ0n) is 11.9. The first-order valence-corrected chi connectivity index (χ1v) is 8.33. The summed E-state index contributed by atoms with van der Waals surface area (Å²) in [6, 6.07) is 0.408. The molecule has 0 aromatic heterocycles. The lowest BCUT2D eigenvalue weighted by atomic mass is 10.1. The highest BCUT2D eigenvalue weighted by atomic mass is 31.2. The predicted molar refractivity (Wildman–Crippen MR) is 72.0 cm³/mol. The second-order valence-corrected chi connectivity index (χ2v) is 7.42. The monoisotopic (exact) mass is 266 g/mol. The second-order valence-electron chi connectivity index (χ2n) is 5.65. The zero-order valence-corrected chi connectivity index (χ0v) is 12.8. The molecule has 0 aromatic rings. The number of rotatable bonds is 8. The van der Waals surface area contributed by atoms with E-state index in [4.69, 9.17) is 9.79 Å². The standard InChI is InChI=1S/C12H28NO3P/c1-6-13(12(4)5,8-7-11(2)3)9-10-17(14,15)16/h11-12H,6-10H2,1-5H3,(H-,14,15,16)/p+1. The third-order valence-corrected chi connectivity index (χ3v) is 4.50. The van der Waals surface area contributed by atoms with Crippen LogP contribution < -0.4 is 0 Å². The van der Waals surface area contributed by atoms with E-state index in [0.717, 1.165) is 24.0 Å². The predicted octanol–water partition coefficient (Wildman–Crippen LogP) is 2.46. The fourth-order valence-corrected chi connectivity index (χ4v) is 2.81. The van der Waals surface area contributed by atoms with Crippen LogP contribution in [0.2, 0.25) is 0 Å². The van der Waals surface area contributed by atoms with Crippen LogP contribution in [-0.2, 0) is 4.57 Å². The fraction of sp³-hybridized carbons (Fsp3) is 1.00. The van der Waals surface area contributed by atoms with Crippen molar-refractivity contribution in [2.75, 3.05) is 25.8 Å². The Morgan fingerprint density at radius 1 is 1.12 bits per heavy atom. The first kappa shape index (κ1) is 17.1. The number of quaternary nitrogens is 1. The largest absolute Gasteiger partial charge is 0.331 e. The van der Waals surface area contributed by atoms with Gasteiger partial charge in [0.15, 0.2) is 0 Å². The van der Waals surface area contributed by atoms with Crippen LogP contribution in [-0.4, -0.2) is 46.1 Å². The molecule has 4 nitrogen and oxygen atoms in total. The van der Waals surface area contributed by atoms with Gasteiger partial charge in [-0.2, -0.15) is 0 Å². The zero-order chi connectivity index (χ0) is 13.7. The van der Waals surface area contributed by atoms with E-state index in [9.17, 15) is 4.57 Å². The van der Waals surface area contributed by atoms with Crippen molar-refractivity contribution in [3.63, 3.8) is 0 Å². The number of nitrogens with zero attached hydrogens (tertiary/aromatic N) is 1. The lowest BCUT2D eigenvalue weighted by Gasteiger charge is -2.42. The molecule has 0 amide bonds. The highest BCUT2D eigenvalue weighted by Gasteiger charge is 2.31. The first-order valence-electron chi connectivity index (χ1n) is 6.53. The van der Waals surface area contributed by atoms with E-state index in [1.165, 1.54) is 0 Å². The van der Waals surface area contributed by atoms with E-state index < -0.39 is 7.60 Å². The van der Waals surface area contributed by atoms with Gasteiger partial charge >= 0.3 is 7.60 Å². The number of hydrogen-bond donors (Lipinski definition) is 2. The van der Waals surface area contributed by atoms with Gasteiger partial charge in [0.25, 0.3) is 0 Å². The van der Waals surface area contributed by atoms with Gasteiger partial charge in [0.05, 0.1) is 31.8 Å². The van der Waals surface area contributed by atoms with Crippen molar-refractivity contribution in [1.82, 2.24) is 0 Å². The molecule has 17 heavy (non-hydrogen) atoms. The Morgan fingerprint density at radius 2 is 1.65 bits per heavy atom. The summed E-state index contributed by atoms with van der Waals surface area (Å²) in [4.78, 5) is 18.1. The highest BCUT2D eigenvalue weighted by molar-refractivity contribution is 7.51. The van der Waals surface area contributed by atoms with E-state index in [1.54, 1.807) is 0 Å². The lowest BCUT2D eigenvalue weighted by molar-refractivity contribution is -0.944. The van der Waals surface area contributed by atoms with Crippen molar-refractivity contribution >= 4 is 7.60 Å². The summed E-state index contributed by atoms with van der Waals surface area (Å²) >= 11 is 0. The van der Waals surface area contributed by atoms with Crippen molar-refractivity contribution in [1.29, 1.82) is 0 Å². The summed E-state index contributed by atoms with van der Waals surface area (Å²) in [5, 5.41) is 0. The molecule has 0 aliphatic carbocycles. The van der Waals surface area contributed by atoms with Crippen LogP contribution in [0.5, 0.6) is 0 Å². The Kier molecular flexibility index (Phi) is 6.93. The minimum absolute atomic E-state index is 0.00286. The summed E-state index contributed by atoms with van der Waals surface area (Å²) in [5.41, 5.74) is 0. The highest BCUT2D eigenvalue weighted by Crippen LogP contribution is 2.35. The van der Waals surface area contributed by atoms with Gasteiger partial charge in [0.1, 0.15) is 0 Å². The molecule has 0 rings (SSSR count). The molecule has 0 saturated carbocycles. The number of hydrogen-bond acceptors (Lipinski definition) is 1. The third-order valence-electron chi connectivity index (χ3n) is 3.71. The van der Waals surface area contributed by atoms with Crippen LogP contribution in [0.3, 0.4) is 0 Å². The summed E-state index contributed by atoms with van der Waals surface area (Å²) < 4.78 is 11.8. The minimum Gasteiger partial charge on any atom is -0.324 e. The molecule has 104 valence electrons. The van der Waals surface area contributed by atoms with Crippen LogP contribution in [0.25, 0.3) is 0 Å². The Labute approximate surface area is 106 Å². The Bertz CT molecular complexity index is 262. The van der Waals surface area contributed by atoms with E-state index in [1.807, 2.05) is 0 Å². The molecule has 0 spiro atoms. The SMILES string of the molecule is CC[N+](CCC(C)C)(CCP(=O)(O)O)C(C)C. The summed E-state index contributed by atoms with van der Waals surface area (Å²) in [7, 11) is -3.88. The molecule has 0 radical (unpaired) electrons. The van der Waals surface area contributed by atoms with Crippen molar-refractivity contribution in [2.24, 2.45) is 5.92 Å². The first-order chi connectivity index (χ1) is 7.63. The quantitative estimate of drug-likeness (QED) is 0.524. The van der Waals surface area contributed by atoms with Gasteiger partial charge in [-0.3, -0.25) is 4.57 Å². The summed E-state index contributed by atoms with van der Waals surface area (Å²) in [5.74, 6) is 0.632. The molecule has 0 aromatic carbocycles. The van der Waals surface area contributed by atoms with Crippen molar-refractivity contribution in [3.8, 4) is 0 Å². The van der Waals surface area contributed by atoms with Gasteiger partial charge in [-0.05, 0) is 33.1 Å². The van der Waals surface area contributed by atoms with E-state index >= 15 is 0 Å². The van der Waals surface area contributed by atoms with E-state index in [0.29, 0.717) is 18.5 Å². The van der Waals surface area contributed by atoms with Crippen LogP contribution >= 0.6 is 7.60 Å². The van der Waals surface area contributed by atoms with Crippen LogP contribution in [0, 0.1) is 5.92 Å². The Balaban J connectivity index is 4.65. The topological polar surface area (TPSA) is 57.5 Å². The average molecular weight is 266 g/mol. The maximum Gasteiger partial charge on any atom is 0.331 e. The van der Waals surface area contributed by atoms with Crippen molar-refractivity contribution in [2.45, 2.75) is 47.1 Å². The molecule has 1 unspecified atom stereocenters. The van der Waals surface area contributed by atoms with Crippen LogP contribution in [0.4, 0.5) is 0 Å². The second kappa shape index (κ2) is 6.89. The lowest BCUT2D eigenvalue weighted by Crippen LogP contribution is -2.55. The van der Waals surface area contributed by atoms with Crippen LogP contribution in [0.15, 0.2) is 0 Å². The molecule has 0 bridgehead atoms. The maximum absolute atomic E-state index is 11.0. The molecule has 5 heteroatoms. The smallest absolute Gasteiger partial charge is 0.324 e. The molecule has 0 aliphatic rings. The van der Waals surface area contributed by atoms with Gasteiger partial charge in [-0.25, -0.2) is 0 Å². The molecule has 0 heterocycles. The third kappa shape index (κ3) is 6.56. The molecular formula is C12H29NO3P+. The summed E-state index contributed by atoms with van der Waals surface area (Å²) in [6.07, 6.45) is 1.10. The van der Waals surface area contributed by atoms with Crippen molar-refractivity contribution < 1.29 is 18.8 Å². The molecule has 1 atom stereocenters. The minimum atomic E-state index is -3.88. The van der Waals surface area contributed by atoms with Crippen molar-refractivity contribution in [3.05, 3.63) is 0 Å². The van der Waals surface area contributed by atoms with Gasteiger partial charge in [-0.15, -0.1) is 0 Å². The molecule has 0 fully saturated rings. The van der Waals surface area contributed by atoms with Crippen LogP contribution in [0.1, 0.15) is 41.0 Å². The fourth-order valence-electron chi connectivity index (χ4n) is 2.15. The summed E-state index contributed by atoms with van der Waals surface area (Å²) in [6.45, 7) is 13.3. The molecule has 2 N–H and O–H groups in total. The average Bonchev–Trinajstić information content (AvgIpc) is 2.16. The Hall–Kier alpha value is 0.110. The molecule has 0 saturated heterocycles. The van der Waals surface area contributed by atoms with Gasteiger partial charge in [0.2, 0.25) is 0 Å². The Morgan fingerprint density at radius 3 is 1.94 bits per heavy atom. The normalized spacial score (nSPS) is 16.5. The van der Waals surface area contributed by atoms with Gasteiger partial charge < -0.3 is 14.3 Å². The van der Waals surface area contributed by atoms with E-state index in [-0.39, 0.29) is 6.16 Å². The molecule has 0 aliphatic heterocycles. The van der Waals surface area contributed by atoms with Gasteiger partial charge in [-0.1, -0.05) is 13.8 Å².